The van der Waals surface area contributed by atoms with Gasteiger partial charge in [0, 0.05) is 10.6 Å². The summed E-state index contributed by atoms with van der Waals surface area (Å²) < 4.78 is 20.2. The van der Waals surface area contributed by atoms with Gasteiger partial charge in [-0.2, -0.15) is 13.5 Å². The summed E-state index contributed by atoms with van der Waals surface area (Å²) in [5.41, 5.74) is 4.31. The van der Waals surface area contributed by atoms with Crippen molar-refractivity contribution in [3.63, 3.8) is 0 Å². The Labute approximate surface area is 318 Å². The third-order valence-electron chi connectivity index (χ3n) is 6.20. The van der Waals surface area contributed by atoms with E-state index in [2.05, 4.69) is 41.7 Å². The molecule has 0 atom stereocenters. The molecule has 0 radical (unpaired) electrons. The second kappa shape index (κ2) is 29.5. The van der Waals surface area contributed by atoms with Crippen LogP contribution in [0.3, 0.4) is 0 Å². The summed E-state index contributed by atoms with van der Waals surface area (Å²) in [6.07, 6.45) is -0.638. The Morgan fingerprint density at radius 1 is 0.612 bits per heavy atom. The van der Waals surface area contributed by atoms with Gasteiger partial charge in [0.1, 0.15) is 12.4 Å². The second-order valence-electron chi connectivity index (χ2n) is 8.71. The fourth-order valence-electron chi connectivity index (χ4n) is 4.40. The summed E-state index contributed by atoms with van der Waals surface area (Å²) in [5.74, 6) is -0.428. The van der Waals surface area contributed by atoms with Crippen molar-refractivity contribution in [2.75, 3.05) is 5.32 Å². The minimum Gasteiger partial charge on any atom is -1.00 e. The number of nitrogens with one attached hydrogen (secondary N) is 1. The van der Waals surface area contributed by atoms with Gasteiger partial charge in [-0.05, 0) is 40.5 Å². The summed E-state index contributed by atoms with van der Waals surface area (Å²) >= 11 is 1.44. The Hall–Kier alpha value is -3.36. The maximum atomic E-state index is 15.6. The van der Waals surface area contributed by atoms with Crippen LogP contribution in [-0.4, -0.2) is 55.4 Å². The molecule has 0 aliphatic carbocycles. The number of amides is 1. The molecule has 12 nitrogen and oxygen atoms in total. The third-order valence-corrected chi connectivity index (χ3v) is 7.76. The van der Waals surface area contributed by atoms with Crippen molar-refractivity contribution in [1.29, 1.82) is 0 Å². The number of benzene rings is 5. The van der Waals surface area contributed by atoms with E-state index in [9.17, 15) is 4.79 Å². The number of hydrogen-bond acceptors (Lipinski definition) is 3. The zero-order valence-electron chi connectivity index (χ0n) is 27.6. The summed E-state index contributed by atoms with van der Waals surface area (Å²) in [7, 11) is 0. The molecule has 5 aromatic carbocycles. The number of thioether (sulfide) groups is 1. The quantitative estimate of drug-likeness (QED) is 0.113. The third kappa shape index (κ3) is 15.0. The molecule has 19 N–H and O–H groups in total. The molecule has 0 aromatic heterocycles. The van der Waals surface area contributed by atoms with Crippen LogP contribution in [0.4, 0.5) is 14.9 Å². The summed E-state index contributed by atoms with van der Waals surface area (Å²) in [6.45, 7) is 0.136. The van der Waals surface area contributed by atoms with Gasteiger partial charge in [0.15, 0.2) is 0 Å². The number of halogens is 1. The molecule has 0 fully saturated rings. The van der Waals surface area contributed by atoms with E-state index in [0.29, 0.717) is 10.6 Å². The van der Waals surface area contributed by atoms with E-state index in [1.165, 1.54) is 17.8 Å². The Morgan fingerprint density at radius 2 is 0.980 bits per heavy atom. The minimum absolute atomic E-state index is 0. The van der Waals surface area contributed by atoms with Crippen molar-refractivity contribution in [2.45, 2.75) is 16.2 Å². The van der Waals surface area contributed by atoms with Crippen molar-refractivity contribution >= 4 is 37.0 Å². The summed E-state index contributed by atoms with van der Waals surface area (Å²) in [4.78, 5) is 12.8. The molecule has 270 valence electrons. The van der Waals surface area contributed by atoms with Crippen molar-refractivity contribution in [1.82, 2.24) is 0 Å². The first-order chi connectivity index (χ1) is 18.6. The number of hydrogen-bond donors (Lipinski definition) is 1. The van der Waals surface area contributed by atoms with Gasteiger partial charge >= 0.3 is 35.7 Å². The van der Waals surface area contributed by atoms with Crippen LogP contribution < -0.4 is 34.9 Å². The van der Waals surface area contributed by atoms with Crippen LogP contribution in [0.15, 0.2) is 144 Å². The molecule has 0 unspecified atom stereocenters. The predicted molar refractivity (Wildman–Crippen MR) is 196 cm³/mol. The Bertz CT molecular complexity index is 1430. The van der Waals surface area contributed by atoms with Crippen LogP contribution >= 0.6 is 25.3 Å². The summed E-state index contributed by atoms with van der Waals surface area (Å²) in [5, 5.41) is 2.63. The van der Waals surface area contributed by atoms with Crippen molar-refractivity contribution < 1.29 is 94.2 Å². The first-order valence-electron chi connectivity index (χ1n) is 12.3. The van der Waals surface area contributed by atoms with E-state index >= 15 is 4.39 Å². The molecule has 0 spiro atoms. The van der Waals surface area contributed by atoms with Crippen molar-refractivity contribution in [3.8, 4) is 0 Å². The molecule has 5 aromatic rings. The summed E-state index contributed by atoms with van der Waals surface area (Å²) in [6, 6.07) is 44.5. The Kier molecular flexibility index (Phi) is 36.7. The van der Waals surface area contributed by atoms with Gasteiger partial charge in [0.2, 0.25) is 0 Å². The largest absolute Gasteiger partial charge is 1.00 e. The monoisotopic (exact) mass is 739 g/mol. The van der Waals surface area contributed by atoms with Gasteiger partial charge in [-0.15, -0.1) is 11.8 Å². The molecule has 1 amide bonds. The smallest absolute Gasteiger partial charge is 1.00 e. The zero-order chi connectivity index (χ0) is 26.2. The normalized spacial score (nSPS) is 8.59. The van der Waals surface area contributed by atoms with Crippen molar-refractivity contribution in [2.24, 2.45) is 0 Å². The van der Waals surface area contributed by atoms with Gasteiger partial charge in [-0.25, -0.2) is 9.18 Å². The second-order valence-corrected chi connectivity index (χ2v) is 9.97. The van der Waals surface area contributed by atoms with Crippen LogP contribution in [0.25, 0.3) is 0 Å². The van der Waals surface area contributed by atoms with Crippen LogP contribution in [0.5, 0.6) is 0 Å². The van der Waals surface area contributed by atoms with E-state index in [4.69, 9.17) is 4.74 Å². The van der Waals surface area contributed by atoms with Crippen LogP contribution in [0, 0.1) is 5.82 Å². The van der Waals surface area contributed by atoms with E-state index < -0.39 is 16.7 Å². The molecule has 5 rings (SSSR count). The molecular formula is C33H47FNNaO11S2. The number of anilines is 1. The predicted octanol–water partition coefficient (Wildman–Crippen LogP) is -1.53. The van der Waals surface area contributed by atoms with Gasteiger partial charge in [-0.1, -0.05) is 121 Å². The standard InChI is InChI=1S/C33H26FNO2S.Na.9H2O.H2S.H/c34-30-23-29(35-32(36)37-24-25-13-5-1-6-14-25)21-22-31(30)38-33(26-15-7-2-8-16-26,27-17-9-3-10-18-27)28-19-11-4-12-20-28;;;;;;;;;;;;/h1-23H,24H2,(H,35,36);;10*1H2;/q;+1;;;;;;;;;;;-1. The molecule has 49 heavy (non-hydrogen) atoms. The van der Waals surface area contributed by atoms with E-state index in [-0.39, 0.29) is 100 Å². The van der Waals surface area contributed by atoms with Gasteiger partial charge in [0.05, 0.1) is 4.75 Å². The molecule has 0 aliphatic rings. The molecule has 16 heteroatoms. The van der Waals surface area contributed by atoms with Crippen molar-refractivity contribution in [3.05, 3.63) is 168 Å². The maximum Gasteiger partial charge on any atom is 1.00 e. The van der Waals surface area contributed by atoms with Gasteiger partial charge in [-0.3, -0.25) is 5.32 Å². The number of carbonyl (C=O) groups is 1. The maximum absolute atomic E-state index is 15.6. The topological polar surface area (TPSA) is 322 Å². The molecule has 0 saturated carbocycles. The van der Waals surface area contributed by atoms with Crippen LogP contribution in [0.2, 0.25) is 0 Å². The average Bonchev–Trinajstić information content (AvgIpc) is 2.98. The Balaban J connectivity index is -0.000000245. The van der Waals surface area contributed by atoms with Gasteiger partial charge in [0.25, 0.3) is 0 Å². The van der Waals surface area contributed by atoms with E-state index in [1.54, 1.807) is 12.1 Å². The van der Waals surface area contributed by atoms with Crippen LogP contribution in [0.1, 0.15) is 23.7 Å². The molecule has 0 saturated heterocycles. The first-order valence-corrected chi connectivity index (χ1v) is 13.1. The SMILES string of the molecule is O.O.O.O.O.O.O.O.O.O=C(Nc1ccc(SC(c2ccccc2)(c2ccccc2)c2ccccc2)c(F)c1)OCc1ccccc1.S.[H-].[Na+]. The number of carbonyl (C=O) groups excluding carboxylic acids is 1. The van der Waals surface area contributed by atoms with Crippen LogP contribution in [-0.2, 0) is 16.1 Å². The Morgan fingerprint density at radius 3 is 1.35 bits per heavy atom. The minimum atomic E-state index is -0.700. The fourth-order valence-corrected chi connectivity index (χ4v) is 5.78. The number of ether oxygens (including phenoxy) is 1. The molecule has 0 heterocycles. The van der Waals surface area contributed by atoms with E-state index in [1.807, 2.05) is 84.9 Å². The first kappa shape index (κ1) is 60.9. The molecule has 0 bridgehead atoms. The van der Waals surface area contributed by atoms with E-state index in [0.717, 1.165) is 22.3 Å². The molecular weight excluding hydrogens is 692 g/mol. The average molecular weight is 740 g/mol. The fraction of sp³-hybridized carbons (Fsp3) is 0.0606. The van der Waals surface area contributed by atoms with Gasteiger partial charge < -0.3 is 55.4 Å². The molecule has 0 aliphatic heterocycles. The number of rotatable bonds is 8. The zero-order valence-corrected chi connectivity index (χ0v) is 30.4.